The first-order valence-corrected chi connectivity index (χ1v) is 9.78. The maximum Gasteiger partial charge on any atom is 0.211 e. The van der Waals surface area contributed by atoms with E-state index in [1.165, 1.54) is 0 Å². The van der Waals surface area contributed by atoms with Crippen molar-refractivity contribution in [1.29, 1.82) is 0 Å². The molecule has 1 aromatic carbocycles. The molecule has 0 bridgehead atoms. The van der Waals surface area contributed by atoms with Crippen LogP contribution in [-0.4, -0.2) is 43.2 Å². The van der Waals surface area contributed by atoms with Gasteiger partial charge in [0.25, 0.3) is 0 Å². The third-order valence-electron chi connectivity index (χ3n) is 4.10. The summed E-state index contributed by atoms with van der Waals surface area (Å²) in [4.78, 5) is 6.75. The topological polar surface area (TPSA) is 75.4 Å². The number of sulfonamides is 1. The van der Waals surface area contributed by atoms with Crippen LogP contribution in [0.2, 0.25) is 0 Å². The lowest BCUT2D eigenvalue weighted by molar-refractivity contribution is 0.185. The van der Waals surface area contributed by atoms with Crippen molar-refractivity contribution < 1.29 is 12.8 Å². The van der Waals surface area contributed by atoms with E-state index in [2.05, 4.69) is 14.6 Å². The Hall–Kier alpha value is -1.44. The summed E-state index contributed by atoms with van der Waals surface area (Å²) in [6.45, 7) is 4.24. The van der Waals surface area contributed by atoms with Gasteiger partial charge in [0, 0.05) is 19.1 Å². The van der Waals surface area contributed by atoms with Crippen LogP contribution in [-0.2, 0) is 16.6 Å². The van der Waals surface area contributed by atoms with Gasteiger partial charge in [0.05, 0.1) is 12.3 Å². The Bertz CT molecular complexity index is 716. The van der Waals surface area contributed by atoms with Gasteiger partial charge in [-0.05, 0) is 31.4 Å². The third kappa shape index (κ3) is 4.31. The van der Waals surface area contributed by atoms with Gasteiger partial charge in [0.2, 0.25) is 15.9 Å². The second-order valence-corrected chi connectivity index (χ2v) is 7.94. The maximum atomic E-state index is 11.8. The lowest BCUT2D eigenvalue weighted by Crippen LogP contribution is -2.44. The van der Waals surface area contributed by atoms with Crippen molar-refractivity contribution in [1.82, 2.24) is 14.6 Å². The van der Waals surface area contributed by atoms with Crippen molar-refractivity contribution in [3.05, 3.63) is 30.2 Å². The van der Waals surface area contributed by atoms with Gasteiger partial charge in [-0.15, -0.1) is 0 Å². The fourth-order valence-electron chi connectivity index (χ4n) is 2.97. The average molecular weight is 337 g/mol. The summed E-state index contributed by atoms with van der Waals surface area (Å²) < 4.78 is 32.2. The first-order valence-electron chi connectivity index (χ1n) is 8.12. The second-order valence-electron chi connectivity index (χ2n) is 6.06. The van der Waals surface area contributed by atoms with Crippen LogP contribution < -0.4 is 4.72 Å². The summed E-state index contributed by atoms with van der Waals surface area (Å²) in [5.74, 6) is 0.923. The number of nitrogens with zero attached hydrogens (tertiary/aromatic N) is 2. The summed E-state index contributed by atoms with van der Waals surface area (Å²) >= 11 is 0. The Balaban J connectivity index is 1.53. The summed E-state index contributed by atoms with van der Waals surface area (Å²) in [5, 5.41) is 0. The number of aromatic nitrogens is 1. The number of hydrogen-bond donors (Lipinski definition) is 1. The van der Waals surface area contributed by atoms with E-state index < -0.39 is 10.0 Å². The molecule has 1 aliphatic heterocycles. The molecule has 0 radical (unpaired) electrons. The predicted molar refractivity (Wildman–Crippen MR) is 89.5 cm³/mol. The fourth-order valence-corrected chi connectivity index (χ4v) is 4.37. The fraction of sp³-hybridized carbons (Fsp3) is 0.562. The maximum absolute atomic E-state index is 11.8. The van der Waals surface area contributed by atoms with Gasteiger partial charge in [0.15, 0.2) is 5.58 Å². The minimum Gasteiger partial charge on any atom is -0.439 e. The predicted octanol–water partition coefficient (Wildman–Crippen LogP) is 2.12. The normalized spacial score (nSPS) is 17.8. The van der Waals surface area contributed by atoms with Gasteiger partial charge < -0.3 is 4.42 Å². The SMILES string of the molecule is CCCS(=O)(=O)NC1CCN(Cc2nc3ccccc3o2)CC1. The van der Waals surface area contributed by atoms with E-state index in [0.29, 0.717) is 13.0 Å². The first-order chi connectivity index (χ1) is 11.1. The summed E-state index contributed by atoms with van der Waals surface area (Å²) in [7, 11) is -3.12. The number of para-hydroxylation sites is 2. The Labute approximate surface area is 136 Å². The largest absolute Gasteiger partial charge is 0.439 e. The molecule has 2 heterocycles. The molecular formula is C16H23N3O3S. The van der Waals surface area contributed by atoms with Crippen molar-refractivity contribution in [2.75, 3.05) is 18.8 Å². The smallest absolute Gasteiger partial charge is 0.211 e. The molecule has 6 nitrogen and oxygen atoms in total. The Morgan fingerprint density at radius 2 is 2.04 bits per heavy atom. The van der Waals surface area contributed by atoms with Gasteiger partial charge in [0.1, 0.15) is 5.52 Å². The molecule has 0 spiro atoms. The minimum absolute atomic E-state index is 0.0476. The molecule has 1 aromatic heterocycles. The molecular weight excluding hydrogens is 314 g/mol. The number of piperidine rings is 1. The minimum atomic E-state index is -3.12. The third-order valence-corrected chi connectivity index (χ3v) is 5.74. The zero-order valence-electron chi connectivity index (χ0n) is 13.4. The van der Waals surface area contributed by atoms with Crippen molar-refractivity contribution in [3.8, 4) is 0 Å². The highest BCUT2D eigenvalue weighted by molar-refractivity contribution is 7.89. The lowest BCUT2D eigenvalue weighted by atomic mass is 10.1. The van der Waals surface area contributed by atoms with Crippen LogP contribution in [0.3, 0.4) is 0 Å². The molecule has 1 aliphatic rings. The number of benzene rings is 1. The van der Waals surface area contributed by atoms with Crippen LogP contribution in [0.1, 0.15) is 32.1 Å². The number of nitrogens with one attached hydrogen (secondary N) is 1. The van der Waals surface area contributed by atoms with Crippen molar-refractivity contribution in [2.45, 2.75) is 38.8 Å². The zero-order valence-corrected chi connectivity index (χ0v) is 14.2. The second kappa shape index (κ2) is 6.98. The molecule has 3 rings (SSSR count). The summed E-state index contributed by atoms with van der Waals surface area (Å²) in [5.41, 5.74) is 1.69. The van der Waals surface area contributed by atoms with E-state index in [4.69, 9.17) is 4.42 Å². The molecule has 1 N–H and O–H groups in total. The van der Waals surface area contributed by atoms with Crippen LogP contribution in [0.5, 0.6) is 0 Å². The van der Waals surface area contributed by atoms with E-state index in [1.54, 1.807) is 0 Å². The van der Waals surface area contributed by atoms with Gasteiger partial charge in [-0.1, -0.05) is 19.1 Å². The molecule has 0 atom stereocenters. The van der Waals surface area contributed by atoms with Gasteiger partial charge >= 0.3 is 0 Å². The van der Waals surface area contributed by atoms with E-state index in [-0.39, 0.29) is 11.8 Å². The quantitative estimate of drug-likeness (QED) is 0.874. The van der Waals surface area contributed by atoms with Crippen LogP contribution in [0.4, 0.5) is 0 Å². The number of rotatable bonds is 6. The molecule has 0 amide bonds. The van der Waals surface area contributed by atoms with E-state index in [1.807, 2.05) is 31.2 Å². The molecule has 126 valence electrons. The van der Waals surface area contributed by atoms with Crippen molar-refractivity contribution in [2.24, 2.45) is 0 Å². The summed E-state index contributed by atoms with van der Waals surface area (Å²) in [6.07, 6.45) is 2.29. The van der Waals surface area contributed by atoms with Crippen LogP contribution in [0.25, 0.3) is 11.1 Å². The Kier molecular flexibility index (Phi) is 4.99. The Morgan fingerprint density at radius 1 is 1.30 bits per heavy atom. The van der Waals surface area contributed by atoms with E-state index >= 15 is 0 Å². The first kappa shape index (κ1) is 16.4. The molecule has 1 fully saturated rings. The standard InChI is InChI=1S/C16H23N3O3S/c1-2-11-23(20,21)18-13-7-9-19(10-8-13)12-16-17-14-5-3-4-6-15(14)22-16/h3-6,13,18H,2,7-12H2,1H3. The highest BCUT2D eigenvalue weighted by atomic mass is 32.2. The number of fused-ring (bicyclic) bond motifs is 1. The van der Waals surface area contributed by atoms with Gasteiger partial charge in [-0.3, -0.25) is 4.90 Å². The molecule has 0 saturated carbocycles. The number of likely N-dealkylation sites (tertiary alicyclic amines) is 1. The molecule has 2 aromatic rings. The molecule has 1 saturated heterocycles. The average Bonchev–Trinajstić information content (AvgIpc) is 2.91. The number of hydrogen-bond acceptors (Lipinski definition) is 5. The Morgan fingerprint density at radius 3 is 2.74 bits per heavy atom. The van der Waals surface area contributed by atoms with Crippen molar-refractivity contribution >= 4 is 21.1 Å². The molecule has 23 heavy (non-hydrogen) atoms. The van der Waals surface area contributed by atoms with Crippen LogP contribution in [0.15, 0.2) is 28.7 Å². The summed E-state index contributed by atoms with van der Waals surface area (Å²) in [6, 6.07) is 7.79. The van der Waals surface area contributed by atoms with Crippen LogP contribution in [0, 0.1) is 0 Å². The number of oxazole rings is 1. The van der Waals surface area contributed by atoms with Gasteiger partial charge in [-0.2, -0.15) is 0 Å². The lowest BCUT2D eigenvalue weighted by Gasteiger charge is -2.31. The van der Waals surface area contributed by atoms with E-state index in [9.17, 15) is 8.42 Å². The monoisotopic (exact) mass is 337 g/mol. The van der Waals surface area contributed by atoms with Crippen LogP contribution >= 0.6 is 0 Å². The van der Waals surface area contributed by atoms with E-state index in [0.717, 1.165) is 42.9 Å². The molecule has 0 aliphatic carbocycles. The zero-order chi connectivity index (χ0) is 16.3. The molecule has 0 unspecified atom stereocenters. The molecule has 7 heteroatoms. The van der Waals surface area contributed by atoms with Crippen molar-refractivity contribution in [3.63, 3.8) is 0 Å². The van der Waals surface area contributed by atoms with Gasteiger partial charge in [-0.25, -0.2) is 18.1 Å². The highest BCUT2D eigenvalue weighted by Gasteiger charge is 2.24. The highest BCUT2D eigenvalue weighted by Crippen LogP contribution is 2.18.